The zero-order valence-corrected chi connectivity index (χ0v) is 8.85. The van der Waals surface area contributed by atoms with E-state index in [0.717, 1.165) is 5.16 Å². The van der Waals surface area contributed by atoms with Gasteiger partial charge in [0.05, 0.1) is 11.9 Å². The molecule has 0 saturated carbocycles. The molecule has 4 nitrogen and oxygen atoms in total. The van der Waals surface area contributed by atoms with Gasteiger partial charge in [0.1, 0.15) is 0 Å². The zero-order chi connectivity index (χ0) is 9.84. The minimum Gasteiger partial charge on any atom is -0.394 e. The molecule has 0 bridgehead atoms. The fourth-order valence-corrected chi connectivity index (χ4v) is 1.20. The lowest BCUT2D eigenvalue weighted by Gasteiger charge is -2.11. The van der Waals surface area contributed by atoms with Gasteiger partial charge in [0.2, 0.25) is 0 Å². The predicted molar refractivity (Wildman–Crippen MR) is 57.0 cm³/mol. The predicted octanol–water partition coefficient (Wildman–Crippen LogP) is 1.60. The lowest BCUT2D eigenvalue weighted by Crippen LogP contribution is -2.13. The Labute approximate surface area is 82.3 Å². The van der Waals surface area contributed by atoms with Gasteiger partial charge in [0.25, 0.3) is 0 Å². The molecule has 0 unspecified atom stereocenters. The number of nitrogens with zero attached hydrogens (tertiary/aromatic N) is 2. The van der Waals surface area contributed by atoms with Gasteiger partial charge in [0, 0.05) is 6.04 Å². The molecule has 0 radical (unpaired) electrons. The number of nitrogen functional groups attached to an aromatic ring is 1. The van der Waals surface area contributed by atoms with E-state index in [2.05, 4.69) is 15.3 Å². The molecule has 0 aliphatic carbocycles. The fourth-order valence-electron chi connectivity index (χ4n) is 0.862. The van der Waals surface area contributed by atoms with Crippen LogP contribution in [0.1, 0.15) is 13.8 Å². The molecule has 0 saturated heterocycles. The van der Waals surface area contributed by atoms with E-state index in [1.807, 2.05) is 20.1 Å². The maximum atomic E-state index is 5.70. The van der Waals surface area contributed by atoms with Crippen molar-refractivity contribution in [2.75, 3.05) is 17.3 Å². The molecule has 0 aliphatic heterocycles. The lowest BCUT2D eigenvalue weighted by atomic mass is 10.4. The maximum absolute atomic E-state index is 5.70. The summed E-state index contributed by atoms with van der Waals surface area (Å²) in [7, 11) is 0. The quantitative estimate of drug-likeness (QED) is 0.570. The van der Waals surface area contributed by atoms with Crippen molar-refractivity contribution in [1.29, 1.82) is 0 Å². The normalized spacial score (nSPS) is 10.5. The number of hydrogen-bond acceptors (Lipinski definition) is 5. The van der Waals surface area contributed by atoms with Crippen molar-refractivity contribution >= 4 is 23.3 Å². The number of hydrogen-bond donors (Lipinski definition) is 2. The maximum Gasteiger partial charge on any atom is 0.189 e. The highest BCUT2D eigenvalue weighted by Gasteiger charge is 2.04. The van der Waals surface area contributed by atoms with Crippen molar-refractivity contribution in [3.63, 3.8) is 0 Å². The van der Waals surface area contributed by atoms with Crippen molar-refractivity contribution in [1.82, 2.24) is 9.97 Å². The highest BCUT2D eigenvalue weighted by molar-refractivity contribution is 7.98. The van der Waals surface area contributed by atoms with Crippen LogP contribution in [-0.2, 0) is 0 Å². The van der Waals surface area contributed by atoms with Gasteiger partial charge in [-0.15, -0.1) is 0 Å². The van der Waals surface area contributed by atoms with Crippen LogP contribution in [0.25, 0.3) is 0 Å². The number of nitrogens with one attached hydrogen (secondary N) is 1. The molecule has 5 heteroatoms. The van der Waals surface area contributed by atoms with Gasteiger partial charge in [-0.05, 0) is 20.1 Å². The molecule has 1 heterocycles. The third-order valence-electron chi connectivity index (χ3n) is 1.40. The molecule has 1 aromatic rings. The summed E-state index contributed by atoms with van der Waals surface area (Å²) in [5.74, 6) is 0.717. The summed E-state index contributed by atoms with van der Waals surface area (Å²) in [5, 5.41) is 3.89. The largest absolute Gasteiger partial charge is 0.394 e. The zero-order valence-electron chi connectivity index (χ0n) is 8.03. The lowest BCUT2D eigenvalue weighted by molar-refractivity contribution is 0.869. The highest BCUT2D eigenvalue weighted by Crippen LogP contribution is 2.18. The van der Waals surface area contributed by atoms with Crippen molar-refractivity contribution < 1.29 is 0 Å². The SMILES string of the molecule is CSc1ncc(N)c(NC(C)C)n1. The van der Waals surface area contributed by atoms with Crippen molar-refractivity contribution in [2.45, 2.75) is 25.0 Å². The van der Waals surface area contributed by atoms with Crippen molar-refractivity contribution in [2.24, 2.45) is 0 Å². The second-order valence-corrected chi connectivity index (χ2v) is 3.73. The van der Waals surface area contributed by atoms with E-state index in [0.29, 0.717) is 17.5 Å². The second-order valence-electron chi connectivity index (χ2n) is 2.96. The Kier molecular flexibility index (Phi) is 3.36. The van der Waals surface area contributed by atoms with E-state index in [9.17, 15) is 0 Å². The van der Waals surface area contributed by atoms with Gasteiger partial charge in [-0.1, -0.05) is 11.8 Å². The molecule has 0 atom stereocenters. The molecule has 13 heavy (non-hydrogen) atoms. The van der Waals surface area contributed by atoms with Crippen LogP contribution in [0.15, 0.2) is 11.4 Å². The molecule has 3 N–H and O–H groups in total. The summed E-state index contributed by atoms with van der Waals surface area (Å²) >= 11 is 1.50. The average Bonchev–Trinajstić information content (AvgIpc) is 2.08. The van der Waals surface area contributed by atoms with Crippen LogP contribution in [0.2, 0.25) is 0 Å². The minimum absolute atomic E-state index is 0.326. The van der Waals surface area contributed by atoms with E-state index in [1.165, 1.54) is 11.8 Å². The molecule has 0 fully saturated rings. The molecular weight excluding hydrogens is 184 g/mol. The van der Waals surface area contributed by atoms with E-state index in [1.54, 1.807) is 6.20 Å². The van der Waals surface area contributed by atoms with E-state index in [-0.39, 0.29) is 0 Å². The van der Waals surface area contributed by atoms with Crippen LogP contribution < -0.4 is 11.1 Å². The number of anilines is 2. The minimum atomic E-state index is 0.326. The summed E-state index contributed by atoms with van der Waals surface area (Å²) in [4.78, 5) is 8.30. The average molecular weight is 198 g/mol. The van der Waals surface area contributed by atoms with Crippen LogP contribution in [0.4, 0.5) is 11.5 Å². The second kappa shape index (κ2) is 4.32. The monoisotopic (exact) mass is 198 g/mol. The van der Waals surface area contributed by atoms with Gasteiger partial charge in [-0.25, -0.2) is 9.97 Å². The Morgan fingerprint density at radius 1 is 1.54 bits per heavy atom. The first-order valence-corrected chi connectivity index (χ1v) is 5.29. The Morgan fingerprint density at radius 2 is 2.23 bits per heavy atom. The van der Waals surface area contributed by atoms with E-state index >= 15 is 0 Å². The molecular formula is C8H14N4S. The van der Waals surface area contributed by atoms with E-state index in [4.69, 9.17) is 5.73 Å². The third kappa shape index (κ3) is 2.77. The number of thioether (sulfide) groups is 1. The highest BCUT2D eigenvalue weighted by atomic mass is 32.2. The summed E-state index contributed by atoms with van der Waals surface area (Å²) in [6.45, 7) is 4.08. The van der Waals surface area contributed by atoms with Crippen LogP contribution in [0.5, 0.6) is 0 Å². The summed E-state index contributed by atoms with van der Waals surface area (Å²) in [6, 6.07) is 0.326. The standard InChI is InChI=1S/C8H14N4S/c1-5(2)11-7-6(9)4-10-8(12-7)13-3/h4-5H,9H2,1-3H3,(H,10,11,12). The van der Waals surface area contributed by atoms with Crippen LogP contribution in [0.3, 0.4) is 0 Å². The van der Waals surface area contributed by atoms with Gasteiger partial charge >= 0.3 is 0 Å². The van der Waals surface area contributed by atoms with Crippen LogP contribution in [0, 0.1) is 0 Å². The molecule has 1 rings (SSSR count). The number of aromatic nitrogens is 2. The number of nitrogens with two attached hydrogens (primary N) is 1. The third-order valence-corrected chi connectivity index (χ3v) is 1.96. The van der Waals surface area contributed by atoms with Gasteiger partial charge in [-0.2, -0.15) is 0 Å². The first-order valence-electron chi connectivity index (χ1n) is 4.06. The summed E-state index contributed by atoms with van der Waals surface area (Å²) in [6.07, 6.45) is 3.56. The molecule has 72 valence electrons. The molecule has 0 aliphatic rings. The van der Waals surface area contributed by atoms with Crippen molar-refractivity contribution in [3.8, 4) is 0 Å². The fraction of sp³-hybridized carbons (Fsp3) is 0.500. The first-order chi connectivity index (χ1) is 6.13. The smallest absolute Gasteiger partial charge is 0.189 e. The van der Waals surface area contributed by atoms with Gasteiger partial charge < -0.3 is 11.1 Å². The molecule has 0 spiro atoms. The van der Waals surface area contributed by atoms with E-state index < -0.39 is 0 Å². The topological polar surface area (TPSA) is 63.8 Å². The molecule has 0 aromatic carbocycles. The summed E-state index contributed by atoms with van der Waals surface area (Å²) < 4.78 is 0. The molecule has 0 amide bonds. The summed E-state index contributed by atoms with van der Waals surface area (Å²) in [5.41, 5.74) is 6.29. The molecule has 1 aromatic heterocycles. The Hall–Kier alpha value is -0.970. The first kappa shape index (κ1) is 10.1. The van der Waals surface area contributed by atoms with Crippen LogP contribution in [-0.4, -0.2) is 22.3 Å². The van der Waals surface area contributed by atoms with Crippen molar-refractivity contribution in [3.05, 3.63) is 6.20 Å². The Bertz CT molecular complexity index is 287. The van der Waals surface area contributed by atoms with Crippen LogP contribution >= 0.6 is 11.8 Å². The Morgan fingerprint density at radius 3 is 2.77 bits per heavy atom. The van der Waals surface area contributed by atoms with Gasteiger partial charge in [0.15, 0.2) is 11.0 Å². The number of rotatable bonds is 3. The Balaban J connectivity index is 2.90. The van der Waals surface area contributed by atoms with Gasteiger partial charge in [-0.3, -0.25) is 0 Å².